The van der Waals surface area contributed by atoms with Gasteiger partial charge in [-0.2, -0.15) is 5.10 Å². The number of piperidine rings is 1. The minimum atomic E-state index is 0.0793. The van der Waals surface area contributed by atoms with Crippen molar-refractivity contribution >= 4 is 5.91 Å². The lowest BCUT2D eigenvalue weighted by atomic mass is 9.91. The Labute approximate surface area is 109 Å². The minimum Gasteiger partial charge on any atom is -0.343 e. The maximum absolute atomic E-state index is 12.1. The van der Waals surface area contributed by atoms with Crippen LogP contribution in [0.2, 0.25) is 0 Å². The summed E-state index contributed by atoms with van der Waals surface area (Å²) in [5.41, 5.74) is 0.0793. The lowest BCUT2D eigenvalue weighted by Gasteiger charge is -2.33. The molecule has 100 valence electrons. The maximum Gasteiger partial charge on any atom is 0.223 e. The number of carbonyl (C=O) groups excluding carboxylic acids is 1. The van der Waals surface area contributed by atoms with Crippen molar-refractivity contribution in [2.45, 2.75) is 46.1 Å². The molecule has 1 fully saturated rings. The van der Waals surface area contributed by atoms with Crippen LogP contribution in [0.25, 0.3) is 0 Å². The summed E-state index contributed by atoms with van der Waals surface area (Å²) >= 11 is 0. The molecule has 0 aliphatic carbocycles. The number of likely N-dealkylation sites (tertiary alicyclic amines) is 1. The Hall–Kier alpha value is -1.32. The van der Waals surface area contributed by atoms with E-state index < -0.39 is 0 Å². The van der Waals surface area contributed by atoms with Gasteiger partial charge in [-0.1, -0.05) is 20.8 Å². The van der Waals surface area contributed by atoms with Crippen LogP contribution < -0.4 is 0 Å². The van der Waals surface area contributed by atoms with Gasteiger partial charge in [-0.25, -0.2) is 0 Å². The van der Waals surface area contributed by atoms with Gasteiger partial charge in [0.15, 0.2) is 0 Å². The van der Waals surface area contributed by atoms with Crippen molar-refractivity contribution in [2.24, 2.45) is 5.41 Å². The molecule has 0 unspecified atom stereocenters. The van der Waals surface area contributed by atoms with Crippen molar-refractivity contribution in [3.05, 3.63) is 18.5 Å². The van der Waals surface area contributed by atoms with E-state index >= 15 is 0 Å². The van der Waals surface area contributed by atoms with Crippen molar-refractivity contribution in [3.63, 3.8) is 0 Å². The quantitative estimate of drug-likeness (QED) is 0.807. The average molecular weight is 249 g/mol. The van der Waals surface area contributed by atoms with Gasteiger partial charge in [0.2, 0.25) is 5.91 Å². The Morgan fingerprint density at radius 2 is 2.00 bits per heavy atom. The average Bonchev–Trinajstić information content (AvgIpc) is 2.80. The Morgan fingerprint density at radius 3 is 2.50 bits per heavy atom. The van der Waals surface area contributed by atoms with Crippen LogP contribution in [0.4, 0.5) is 0 Å². The summed E-state index contributed by atoms with van der Waals surface area (Å²) < 4.78 is 2.02. The highest BCUT2D eigenvalue weighted by atomic mass is 16.2. The molecule has 0 N–H and O–H groups in total. The maximum atomic E-state index is 12.1. The first-order valence-corrected chi connectivity index (χ1v) is 6.73. The Balaban J connectivity index is 1.85. The van der Waals surface area contributed by atoms with E-state index in [0.717, 1.165) is 25.9 Å². The van der Waals surface area contributed by atoms with Gasteiger partial charge in [0, 0.05) is 31.9 Å². The second kappa shape index (κ2) is 5.12. The zero-order valence-corrected chi connectivity index (χ0v) is 11.6. The lowest BCUT2D eigenvalue weighted by Crippen LogP contribution is -2.40. The molecule has 4 nitrogen and oxygen atoms in total. The van der Waals surface area contributed by atoms with Crippen molar-refractivity contribution in [1.29, 1.82) is 0 Å². The van der Waals surface area contributed by atoms with Gasteiger partial charge in [0.1, 0.15) is 0 Å². The zero-order chi connectivity index (χ0) is 13.2. The predicted molar refractivity (Wildman–Crippen MR) is 71.2 cm³/mol. The number of hydrogen-bond acceptors (Lipinski definition) is 2. The Morgan fingerprint density at radius 1 is 1.33 bits per heavy atom. The number of rotatable bonds is 2. The van der Waals surface area contributed by atoms with Crippen molar-refractivity contribution < 1.29 is 4.79 Å². The third-order valence-electron chi connectivity index (χ3n) is 3.40. The molecule has 1 saturated heterocycles. The van der Waals surface area contributed by atoms with E-state index in [1.807, 2.05) is 28.0 Å². The zero-order valence-electron chi connectivity index (χ0n) is 11.6. The van der Waals surface area contributed by atoms with E-state index in [4.69, 9.17) is 0 Å². The first-order chi connectivity index (χ1) is 8.46. The number of amides is 1. The summed E-state index contributed by atoms with van der Waals surface area (Å²) in [5.74, 6) is 0.293. The summed E-state index contributed by atoms with van der Waals surface area (Å²) in [6, 6.07) is 2.41. The molecule has 0 radical (unpaired) electrons. The van der Waals surface area contributed by atoms with Crippen LogP contribution in [0.3, 0.4) is 0 Å². The normalized spacial score (nSPS) is 18.1. The molecule has 4 heteroatoms. The van der Waals surface area contributed by atoms with E-state index in [-0.39, 0.29) is 5.41 Å². The third kappa shape index (κ3) is 3.34. The van der Waals surface area contributed by atoms with Gasteiger partial charge >= 0.3 is 0 Å². The topological polar surface area (TPSA) is 38.1 Å². The third-order valence-corrected chi connectivity index (χ3v) is 3.40. The van der Waals surface area contributed by atoms with Gasteiger partial charge < -0.3 is 4.90 Å². The van der Waals surface area contributed by atoms with Crippen molar-refractivity contribution in [3.8, 4) is 0 Å². The summed E-state index contributed by atoms with van der Waals surface area (Å²) in [7, 11) is 0. The second-order valence-corrected chi connectivity index (χ2v) is 6.34. The Kier molecular flexibility index (Phi) is 3.73. The first-order valence-electron chi connectivity index (χ1n) is 6.73. The van der Waals surface area contributed by atoms with Gasteiger partial charge in [0.25, 0.3) is 0 Å². The van der Waals surface area contributed by atoms with Crippen LogP contribution in [0.1, 0.15) is 46.1 Å². The summed E-state index contributed by atoms with van der Waals surface area (Å²) in [5, 5.41) is 4.28. The molecule has 0 spiro atoms. The van der Waals surface area contributed by atoms with Crippen LogP contribution in [0, 0.1) is 5.41 Å². The van der Waals surface area contributed by atoms with E-state index in [9.17, 15) is 4.79 Å². The van der Waals surface area contributed by atoms with E-state index in [2.05, 4.69) is 25.9 Å². The molecular formula is C14H23N3O. The fourth-order valence-corrected chi connectivity index (χ4v) is 2.44. The highest BCUT2D eigenvalue weighted by Gasteiger charge is 2.26. The summed E-state index contributed by atoms with van der Waals surface area (Å²) in [6.45, 7) is 8.06. The molecule has 1 aromatic heterocycles. The van der Waals surface area contributed by atoms with Gasteiger partial charge in [0.05, 0.1) is 6.04 Å². The summed E-state index contributed by atoms with van der Waals surface area (Å²) in [6.07, 6.45) is 6.49. The lowest BCUT2D eigenvalue weighted by molar-refractivity contribution is -0.134. The molecule has 1 amide bonds. The van der Waals surface area contributed by atoms with Crippen molar-refractivity contribution in [2.75, 3.05) is 13.1 Å². The van der Waals surface area contributed by atoms with Gasteiger partial charge in [-0.15, -0.1) is 0 Å². The molecular weight excluding hydrogens is 226 g/mol. The molecule has 1 aliphatic rings. The van der Waals surface area contributed by atoms with Crippen LogP contribution >= 0.6 is 0 Å². The fourth-order valence-electron chi connectivity index (χ4n) is 2.44. The van der Waals surface area contributed by atoms with Crippen LogP contribution in [0.15, 0.2) is 18.5 Å². The number of aromatic nitrogens is 2. The van der Waals surface area contributed by atoms with E-state index in [0.29, 0.717) is 18.4 Å². The van der Waals surface area contributed by atoms with Crippen LogP contribution in [-0.4, -0.2) is 33.7 Å². The highest BCUT2D eigenvalue weighted by Crippen LogP contribution is 2.25. The molecule has 0 bridgehead atoms. The molecule has 2 rings (SSSR count). The Bertz CT molecular complexity index is 384. The minimum absolute atomic E-state index is 0.0793. The molecule has 18 heavy (non-hydrogen) atoms. The van der Waals surface area contributed by atoms with Gasteiger partial charge in [-0.05, 0) is 24.3 Å². The predicted octanol–water partition coefficient (Wildman–Crippen LogP) is 2.48. The SMILES string of the molecule is CC(C)(C)CC(=O)N1CCC(n2cccn2)CC1. The van der Waals surface area contributed by atoms with Crippen LogP contribution in [0.5, 0.6) is 0 Å². The highest BCUT2D eigenvalue weighted by molar-refractivity contribution is 5.76. The molecule has 0 saturated carbocycles. The largest absolute Gasteiger partial charge is 0.343 e. The molecule has 2 heterocycles. The molecule has 0 atom stereocenters. The smallest absolute Gasteiger partial charge is 0.223 e. The van der Waals surface area contributed by atoms with Crippen molar-refractivity contribution in [1.82, 2.24) is 14.7 Å². The van der Waals surface area contributed by atoms with E-state index in [1.165, 1.54) is 0 Å². The standard InChI is InChI=1S/C14H23N3O/c1-14(2,3)11-13(18)16-9-5-12(6-10-16)17-8-4-7-15-17/h4,7-8,12H,5-6,9-11H2,1-3H3. The first kappa shape index (κ1) is 13.1. The van der Waals surface area contributed by atoms with Crippen LogP contribution in [-0.2, 0) is 4.79 Å². The second-order valence-electron chi connectivity index (χ2n) is 6.34. The monoisotopic (exact) mass is 249 g/mol. The number of carbonyl (C=O) groups is 1. The molecule has 1 aromatic rings. The molecule has 1 aliphatic heterocycles. The van der Waals surface area contributed by atoms with Gasteiger partial charge in [-0.3, -0.25) is 9.48 Å². The number of nitrogens with zero attached hydrogens (tertiary/aromatic N) is 3. The summed E-state index contributed by atoms with van der Waals surface area (Å²) in [4.78, 5) is 14.1. The number of hydrogen-bond donors (Lipinski definition) is 0. The van der Waals surface area contributed by atoms with E-state index in [1.54, 1.807) is 0 Å². The fraction of sp³-hybridized carbons (Fsp3) is 0.714. The molecule has 0 aromatic carbocycles.